The molecule has 0 aliphatic carbocycles. The van der Waals surface area contributed by atoms with E-state index in [0.717, 1.165) is 52.1 Å². The summed E-state index contributed by atoms with van der Waals surface area (Å²) in [7, 11) is 0. The third kappa shape index (κ3) is 4.72. The number of rotatable bonds is 8. The molecule has 0 N–H and O–H groups in total. The minimum atomic E-state index is -0.262. The topological polar surface area (TPSA) is 13.1 Å². The van der Waals surface area contributed by atoms with Crippen LogP contribution < -0.4 is 0 Å². The SMILES string of the molecule is CCCCCCCCc1ccc2c(oc(=S)c3cc(-c4ccc(C)cc4)ccc32)c1F. The molecule has 4 rings (SSSR count). The van der Waals surface area contributed by atoms with Gasteiger partial charge in [-0.2, -0.15) is 0 Å². The second kappa shape index (κ2) is 9.74. The van der Waals surface area contributed by atoms with Crippen molar-refractivity contribution in [3.8, 4) is 11.1 Å². The summed E-state index contributed by atoms with van der Waals surface area (Å²) in [5.41, 5.74) is 4.43. The Bertz CT molecular complexity index is 1250. The van der Waals surface area contributed by atoms with Gasteiger partial charge in [-0.15, -0.1) is 0 Å². The minimum absolute atomic E-state index is 0.262. The Labute approximate surface area is 188 Å². The van der Waals surface area contributed by atoms with Crippen molar-refractivity contribution >= 4 is 34.0 Å². The van der Waals surface area contributed by atoms with Crippen molar-refractivity contribution in [1.82, 2.24) is 0 Å². The van der Waals surface area contributed by atoms with Crippen LogP contribution in [-0.4, -0.2) is 0 Å². The highest BCUT2D eigenvalue weighted by Gasteiger charge is 2.14. The molecule has 160 valence electrons. The van der Waals surface area contributed by atoms with E-state index in [1.54, 1.807) is 0 Å². The van der Waals surface area contributed by atoms with Gasteiger partial charge in [-0.3, -0.25) is 0 Å². The molecule has 0 unspecified atom stereocenters. The number of halogens is 1. The smallest absolute Gasteiger partial charge is 0.198 e. The molecule has 0 aliphatic heterocycles. The van der Waals surface area contributed by atoms with E-state index in [0.29, 0.717) is 4.71 Å². The first kappa shape index (κ1) is 21.7. The van der Waals surface area contributed by atoms with Crippen molar-refractivity contribution in [3.05, 3.63) is 76.2 Å². The Morgan fingerprint density at radius 1 is 0.774 bits per heavy atom. The first-order valence-corrected chi connectivity index (χ1v) is 11.7. The summed E-state index contributed by atoms with van der Waals surface area (Å²) in [6.45, 7) is 4.29. The van der Waals surface area contributed by atoms with Crippen LogP contribution in [0, 0.1) is 17.4 Å². The fourth-order valence-electron chi connectivity index (χ4n) is 4.22. The van der Waals surface area contributed by atoms with Crippen LogP contribution in [0.3, 0.4) is 0 Å². The van der Waals surface area contributed by atoms with E-state index in [1.807, 2.05) is 24.3 Å². The molecule has 3 heteroatoms. The van der Waals surface area contributed by atoms with Gasteiger partial charge in [-0.1, -0.05) is 93.1 Å². The Morgan fingerprint density at radius 2 is 1.45 bits per heavy atom. The predicted octanol–water partition coefficient (Wildman–Crippen LogP) is 9.33. The standard InChI is InChI=1S/C28H29FOS/c1-3-4-5-6-7-8-9-21-14-17-24-23-16-15-22(20-12-10-19(2)11-13-20)18-25(23)28(31)30-27(24)26(21)29/h10-18H,3-9H2,1-2H3. The van der Waals surface area contributed by atoms with Crippen LogP contribution in [0.2, 0.25) is 0 Å². The van der Waals surface area contributed by atoms with E-state index in [2.05, 4.69) is 44.2 Å². The number of hydrogen-bond acceptors (Lipinski definition) is 2. The minimum Gasteiger partial charge on any atom is -0.441 e. The second-order valence-electron chi connectivity index (χ2n) is 8.45. The summed E-state index contributed by atoms with van der Waals surface area (Å²) in [5.74, 6) is -0.262. The number of benzene rings is 3. The largest absolute Gasteiger partial charge is 0.441 e. The van der Waals surface area contributed by atoms with Crippen LogP contribution >= 0.6 is 12.2 Å². The summed E-state index contributed by atoms with van der Waals surface area (Å²) in [6, 6.07) is 18.4. The molecule has 0 atom stereocenters. The average Bonchev–Trinajstić information content (AvgIpc) is 2.78. The highest BCUT2D eigenvalue weighted by Crippen LogP contribution is 2.33. The molecule has 4 aromatic rings. The van der Waals surface area contributed by atoms with Gasteiger partial charge in [0.15, 0.2) is 16.1 Å². The molecular weight excluding hydrogens is 403 g/mol. The summed E-state index contributed by atoms with van der Waals surface area (Å²) in [4.78, 5) is 0. The quantitative estimate of drug-likeness (QED) is 0.156. The maximum atomic E-state index is 15.2. The molecule has 3 aromatic carbocycles. The third-order valence-electron chi connectivity index (χ3n) is 6.09. The van der Waals surface area contributed by atoms with E-state index in [9.17, 15) is 0 Å². The lowest BCUT2D eigenvalue weighted by atomic mass is 9.98. The van der Waals surface area contributed by atoms with Crippen LogP contribution in [-0.2, 0) is 6.42 Å². The molecule has 0 amide bonds. The monoisotopic (exact) mass is 432 g/mol. The van der Waals surface area contributed by atoms with Gasteiger partial charge in [-0.05, 0) is 60.1 Å². The molecule has 0 radical (unpaired) electrons. The number of fused-ring (bicyclic) bond motifs is 3. The van der Waals surface area contributed by atoms with Gasteiger partial charge in [-0.25, -0.2) is 4.39 Å². The van der Waals surface area contributed by atoms with Gasteiger partial charge in [0.1, 0.15) is 0 Å². The van der Waals surface area contributed by atoms with Gasteiger partial charge in [0.25, 0.3) is 0 Å². The molecule has 0 spiro atoms. The first-order valence-electron chi connectivity index (χ1n) is 11.3. The zero-order valence-electron chi connectivity index (χ0n) is 18.3. The summed E-state index contributed by atoms with van der Waals surface area (Å²) < 4.78 is 21.4. The maximum Gasteiger partial charge on any atom is 0.198 e. The van der Waals surface area contributed by atoms with Crippen molar-refractivity contribution in [2.45, 2.75) is 58.8 Å². The van der Waals surface area contributed by atoms with E-state index in [4.69, 9.17) is 16.6 Å². The Morgan fingerprint density at radius 3 is 2.23 bits per heavy atom. The second-order valence-corrected chi connectivity index (χ2v) is 8.82. The van der Waals surface area contributed by atoms with Crippen molar-refractivity contribution < 1.29 is 8.81 Å². The molecule has 1 aromatic heterocycles. The van der Waals surface area contributed by atoms with E-state index in [1.165, 1.54) is 31.2 Å². The van der Waals surface area contributed by atoms with Gasteiger partial charge in [0.05, 0.1) is 0 Å². The lowest BCUT2D eigenvalue weighted by Gasteiger charge is -2.10. The summed E-state index contributed by atoms with van der Waals surface area (Å²) >= 11 is 5.53. The average molecular weight is 433 g/mol. The normalized spacial score (nSPS) is 11.5. The van der Waals surface area contributed by atoms with Crippen LogP contribution in [0.15, 0.2) is 59.0 Å². The number of hydrogen-bond donors (Lipinski definition) is 0. The highest BCUT2D eigenvalue weighted by molar-refractivity contribution is 7.71. The Kier molecular flexibility index (Phi) is 6.82. The zero-order valence-corrected chi connectivity index (χ0v) is 19.2. The van der Waals surface area contributed by atoms with Crippen molar-refractivity contribution in [3.63, 3.8) is 0 Å². The number of unbranched alkanes of at least 4 members (excludes halogenated alkanes) is 5. The van der Waals surface area contributed by atoms with E-state index < -0.39 is 0 Å². The van der Waals surface area contributed by atoms with Gasteiger partial charge < -0.3 is 4.42 Å². The van der Waals surface area contributed by atoms with Crippen LogP contribution in [0.1, 0.15) is 56.6 Å². The molecule has 0 saturated heterocycles. The molecule has 31 heavy (non-hydrogen) atoms. The summed E-state index contributed by atoms with van der Waals surface area (Å²) in [5, 5.41) is 2.57. The van der Waals surface area contributed by atoms with Crippen molar-refractivity contribution in [1.29, 1.82) is 0 Å². The Hall–Kier alpha value is -2.52. The maximum absolute atomic E-state index is 15.2. The predicted molar refractivity (Wildman–Crippen MR) is 132 cm³/mol. The molecular formula is C28H29FOS. The molecule has 0 aliphatic rings. The fraction of sp³-hybridized carbons (Fsp3) is 0.321. The molecule has 1 heterocycles. The van der Waals surface area contributed by atoms with Gasteiger partial charge in [0, 0.05) is 10.8 Å². The summed E-state index contributed by atoms with van der Waals surface area (Å²) in [6.07, 6.45) is 7.88. The van der Waals surface area contributed by atoms with Crippen LogP contribution in [0.4, 0.5) is 4.39 Å². The lowest BCUT2D eigenvalue weighted by Crippen LogP contribution is -1.94. The van der Waals surface area contributed by atoms with Crippen LogP contribution in [0.25, 0.3) is 32.9 Å². The molecule has 1 nitrogen and oxygen atoms in total. The molecule has 0 saturated carbocycles. The highest BCUT2D eigenvalue weighted by atomic mass is 32.1. The van der Waals surface area contributed by atoms with E-state index in [-0.39, 0.29) is 11.4 Å². The lowest BCUT2D eigenvalue weighted by molar-refractivity contribution is 0.534. The van der Waals surface area contributed by atoms with Crippen molar-refractivity contribution in [2.24, 2.45) is 0 Å². The fourth-order valence-corrected chi connectivity index (χ4v) is 4.47. The van der Waals surface area contributed by atoms with Crippen LogP contribution in [0.5, 0.6) is 0 Å². The first-order chi connectivity index (χ1) is 15.1. The third-order valence-corrected chi connectivity index (χ3v) is 6.39. The zero-order chi connectivity index (χ0) is 21.8. The molecule has 0 bridgehead atoms. The Balaban J connectivity index is 1.65. The van der Waals surface area contributed by atoms with Gasteiger partial charge in [0.2, 0.25) is 0 Å². The van der Waals surface area contributed by atoms with Crippen molar-refractivity contribution in [2.75, 3.05) is 0 Å². The van der Waals surface area contributed by atoms with Gasteiger partial charge >= 0.3 is 0 Å². The molecule has 0 fully saturated rings. The van der Waals surface area contributed by atoms with E-state index >= 15 is 4.39 Å². The number of aryl methyl sites for hydroxylation is 2.